The number of carbonyl (C=O) groups is 2. The third-order valence-corrected chi connectivity index (χ3v) is 4.56. The van der Waals surface area contributed by atoms with Crippen molar-refractivity contribution >= 4 is 17.5 Å². The number of aromatic nitrogens is 2. The Morgan fingerprint density at radius 3 is 2.72 bits per heavy atom. The molecule has 1 aromatic carbocycles. The minimum Gasteiger partial charge on any atom is -0.352 e. The number of anilines is 1. The molecule has 1 heterocycles. The van der Waals surface area contributed by atoms with Gasteiger partial charge in [-0.3, -0.25) is 14.3 Å². The minimum absolute atomic E-state index is 0.0345. The Morgan fingerprint density at radius 1 is 1.20 bits per heavy atom. The van der Waals surface area contributed by atoms with Crippen molar-refractivity contribution in [1.82, 2.24) is 15.1 Å². The van der Waals surface area contributed by atoms with Crippen molar-refractivity contribution in [3.8, 4) is 0 Å². The third-order valence-electron chi connectivity index (χ3n) is 4.56. The molecule has 132 valence electrons. The van der Waals surface area contributed by atoms with Crippen LogP contribution in [0.2, 0.25) is 0 Å². The van der Waals surface area contributed by atoms with Gasteiger partial charge in [0.15, 0.2) is 0 Å². The molecule has 25 heavy (non-hydrogen) atoms. The van der Waals surface area contributed by atoms with E-state index in [2.05, 4.69) is 15.7 Å². The van der Waals surface area contributed by atoms with E-state index in [1.165, 1.54) is 12.8 Å². The van der Waals surface area contributed by atoms with Crippen molar-refractivity contribution in [3.63, 3.8) is 0 Å². The fraction of sp³-hybridized carbons (Fsp3) is 0.421. The number of hydrogen-bond acceptors (Lipinski definition) is 3. The van der Waals surface area contributed by atoms with Crippen LogP contribution in [0.15, 0.2) is 36.7 Å². The van der Waals surface area contributed by atoms with Crippen LogP contribution in [0.4, 0.5) is 5.69 Å². The molecule has 0 atom stereocenters. The van der Waals surface area contributed by atoms with Crippen LogP contribution in [-0.4, -0.2) is 27.6 Å². The molecule has 0 spiro atoms. The van der Waals surface area contributed by atoms with Gasteiger partial charge >= 0.3 is 0 Å². The first-order valence-corrected chi connectivity index (χ1v) is 8.76. The largest absolute Gasteiger partial charge is 0.352 e. The molecule has 1 fully saturated rings. The van der Waals surface area contributed by atoms with Gasteiger partial charge in [0.1, 0.15) is 6.54 Å². The number of benzene rings is 1. The predicted octanol–water partition coefficient (Wildman–Crippen LogP) is 2.43. The number of carbonyl (C=O) groups excluding carboxylic acids is 2. The summed E-state index contributed by atoms with van der Waals surface area (Å²) in [7, 11) is 0. The summed E-state index contributed by atoms with van der Waals surface area (Å²) in [4.78, 5) is 24.2. The maximum absolute atomic E-state index is 12.2. The molecule has 0 saturated heterocycles. The van der Waals surface area contributed by atoms with Gasteiger partial charge in [-0.1, -0.05) is 37.1 Å². The molecule has 1 aromatic heterocycles. The van der Waals surface area contributed by atoms with Crippen LogP contribution in [0, 0.1) is 6.92 Å². The van der Waals surface area contributed by atoms with Crippen molar-refractivity contribution in [2.75, 3.05) is 5.32 Å². The van der Waals surface area contributed by atoms with E-state index in [1.807, 2.05) is 31.2 Å². The van der Waals surface area contributed by atoms with E-state index in [4.69, 9.17) is 0 Å². The van der Waals surface area contributed by atoms with Crippen LogP contribution in [-0.2, 0) is 22.6 Å². The molecule has 2 amide bonds. The average Bonchev–Trinajstić information content (AvgIpc) is 3.22. The Hall–Kier alpha value is -2.63. The second kappa shape index (κ2) is 7.96. The van der Waals surface area contributed by atoms with E-state index in [0.29, 0.717) is 18.2 Å². The van der Waals surface area contributed by atoms with Crippen molar-refractivity contribution in [2.24, 2.45) is 0 Å². The monoisotopic (exact) mass is 340 g/mol. The van der Waals surface area contributed by atoms with Crippen LogP contribution in [0.5, 0.6) is 0 Å². The molecule has 0 bridgehead atoms. The van der Waals surface area contributed by atoms with E-state index < -0.39 is 0 Å². The Morgan fingerprint density at radius 2 is 1.96 bits per heavy atom. The highest BCUT2D eigenvalue weighted by atomic mass is 16.2. The quantitative estimate of drug-likeness (QED) is 0.848. The van der Waals surface area contributed by atoms with Gasteiger partial charge in [-0.25, -0.2) is 0 Å². The zero-order chi connectivity index (χ0) is 17.6. The number of hydrogen-bond donors (Lipinski definition) is 2. The van der Waals surface area contributed by atoms with Crippen molar-refractivity contribution in [3.05, 3.63) is 47.8 Å². The lowest BCUT2D eigenvalue weighted by molar-refractivity contribution is -0.122. The summed E-state index contributed by atoms with van der Waals surface area (Å²) in [6, 6.07) is 8.12. The van der Waals surface area contributed by atoms with Crippen LogP contribution in [0.1, 0.15) is 36.8 Å². The van der Waals surface area contributed by atoms with Gasteiger partial charge in [0.2, 0.25) is 11.8 Å². The zero-order valence-corrected chi connectivity index (χ0v) is 14.5. The summed E-state index contributed by atoms with van der Waals surface area (Å²) < 4.78 is 1.55. The van der Waals surface area contributed by atoms with Gasteiger partial charge in [-0.05, 0) is 30.9 Å². The van der Waals surface area contributed by atoms with E-state index in [9.17, 15) is 9.59 Å². The normalized spacial score (nSPS) is 14.4. The van der Waals surface area contributed by atoms with Crippen molar-refractivity contribution < 1.29 is 9.59 Å². The topological polar surface area (TPSA) is 76.0 Å². The SMILES string of the molecule is Cc1ccccc1CC(=O)Nc1cnn(CC(=O)NC2CCCC2)c1. The van der Waals surface area contributed by atoms with Gasteiger partial charge in [0.25, 0.3) is 0 Å². The average molecular weight is 340 g/mol. The predicted molar refractivity (Wildman–Crippen MR) is 96.1 cm³/mol. The van der Waals surface area contributed by atoms with Crippen molar-refractivity contribution in [1.29, 1.82) is 0 Å². The molecule has 0 unspecified atom stereocenters. The second-order valence-corrected chi connectivity index (χ2v) is 6.63. The lowest BCUT2D eigenvalue weighted by Gasteiger charge is -2.11. The highest BCUT2D eigenvalue weighted by Crippen LogP contribution is 2.17. The molecule has 6 heteroatoms. The van der Waals surface area contributed by atoms with Gasteiger partial charge in [-0.2, -0.15) is 5.10 Å². The first-order chi connectivity index (χ1) is 12.1. The molecule has 1 aliphatic rings. The summed E-state index contributed by atoms with van der Waals surface area (Å²) in [5, 5.41) is 10.0. The van der Waals surface area contributed by atoms with Crippen LogP contribution in [0.3, 0.4) is 0 Å². The maximum atomic E-state index is 12.2. The first kappa shape index (κ1) is 17.2. The first-order valence-electron chi connectivity index (χ1n) is 8.76. The lowest BCUT2D eigenvalue weighted by Crippen LogP contribution is -2.35. The number of nitrogens with zero attached hydrogens (tertiary/aromatic N) is 2. The smallest absolute Gasteiger partial charge is 0.241 e. The summed E-state index contributed by atoms with van der Waals surface area (Å²) in [6.45, 7) is 2.16. The molecule has 1 saturated carbocycles. The van der Waals surface area contributed by atoms with Crippen molar-refractivity contribution in [2.45, 2.75) is 51.6 Å². The van der Waals surface area contributed by atoms with E-state index in [-0.39, 0.29) is 18.4 Å². The number of nitrogens with one attached hydrogen (secondary N) is 2. The van der Waals surface area contributed by atoms with Crippen LogP contribution in [0.25, 0.3) is 0 Å². The van der Waals surface area contributed by atoms with Gasteiger partial charge in [0, 0.05) is 12.2 Å². The van der Waals surface area contributed by atoms with Gasteiger partial charge < -0.3 is 10.6 Å². The Bertz CT molecular complexity index is 747. The summed E-state index contributed by atoms with van der Waals surface area (Å²) in [5.41, 5.74) is 2.70. The third kappa shape index (κ3) is 4.92. The zero-order valence-electron chi connectivity index (χ0n) is 14.5. The Balaban J connectivity index is 1.50. The molecule has 6 nitrogen and oxygen atoms in total. The molecule has 2 N–H and O–H groups in total. The molecule has 1 aliphatic carbocycles. The molecule has 0 radical (unpaired) electrons. The number of aryl methyl sites for hydroxylation is 1. The summed E-state index contributed by atoms with van der Waals surface area (Å²) in [6.07, 6.45) is 8.06. The Labute approximate surface area is 147 Å². The standard InChI is InChI=1S/C19H24N4O2/c1-14-6-2-3-7-15(14)10-18(24)22-17-11-20-23(12-17)13-19(25)21-16-8-4-5-9-16/h2-3,6-7,11-12,16H,4-5,8-10,13H2,1H3,(H,21,25)(H,22,24). The van der Waals surface area contributed by atoms with E-state index >= 15 is 0 Å². The Kier molecular flexibility index (Phi) is 5.48. The molecule has 0 aliphatic heterocycles. The fourth-order valence-electron chi connectivity index (χ4n) is 3.19. The lowest BCUT2D eigenvalue weighted by atomic mass is 10.1. The highest BCUT2D eigenvalue weighted by Gasteiger charge is 2.17. The second-order valence-electron chi connectivity index (χ2n) is 6.63. The number of amides is 2. The minimum atomic E-state index is -0.0933. The van der Waals surface area contributed by atoms with Gasteiger partial charge in [-0.15, -0.1) is 0 Å². The maximum Gasteiger partial charge on any atom is 0.241 e. The van der Waals surface area contributed by atoms with E-state index in [0.717, 1.165) is 24.0 Å². The fourth-order valence-corrected chi connectivity index (χ4v) is 3.19. The molecular weight excluding hydrogens is 316 g/mol. The molecule has 3 rings (SSSR count). The van der Waals surface area contributed by atoms with Crippen LogP contribution >= 0.6 is 0 Å². The highest BCUT2D eigenvalue weighted by molar-refractivity contribution is 5.92. The molecule has 2 aromatic rings. The van der Waals surface area contributed by atoms with Crippen LogP contribution < -0.4 is 10.6 Å². The summed E-state index contributed by atoms with van der Waals surface area (Å²) >= 11 is 0. The number of rotatable bonds is 6. The molecular formula is C19H24N4O2. The van der Waals surface area contributed by atoms with Gasteiger partial charge in [0.05, 0.1) is 18.3 Å². The van der Waals surface area contributed by atoms with E-state index in [1.54, 1.807) is 17.1 Å². The summed E-state index contributed by atoms with van der Waals surface area (Å²) in [5.74, 6) is -0.128.